The lowest BCUT2D eigenvalue weighted by molar-refractivity contribution is 0.0527. The first-order valence-electron chi connectivity index (χ1n) is 9.71. The fourth-order valence-electron chi connectivity index (χ4n) is 3.38. The van der Waals surface area contributed by atoms with Gasteiger partial charge in [0.05, 0.1) is 23.9 Å². The summed E-state index contributed by atoms with van der Waals surface area (Å²) in [4.78, 5) is 28.8. The average Bonchev–Trinajstić information content (AvgIpc) is 2.74. The third kappa shape index (κ3) is 4.63. The maximum absolute atomic E-state index is 12.6. The van der Waals surface area contributed by atoms with Crippen LogP contribution in [0.4, 0.5) is 10.5 Å². The standard InChI is InChI=1S/C22H27N3O3/c1-3-28-21(26)19-11-7-8-12-20(19)24-13-15-25(16-14-24)22(27)23-17(2)18-9-5-4-6-10-18/h4-12,17H,3,13-16H2,1-2H3,(H,23,27). The molecular weight excluding hydrogens is 354 g/mol. The molecule has 1 atom stereocenters. The van der Waals surface area contributed by atoms with Crippen molar-refractivity contribution in [3.63, 3.8) is 0 Å². The highest BCUT2D eigenvalue weighted by atomic mass is 16.5. The summed E-state index contributed by atoms with van der Waals surface area (Å²) >= 11 is 0. The summed E-state index contributed by atoms with van der Waals surface area (Å²) < 4.78 is 5.16. The van der Waals surface area contributed by atoms with E-state index in [4.69, 9.17) is 4.74 Å². The molecule has 0 radical (unpaired) electrons. The third-order valence-corrected chi connectivity index (χ3v) is 4.95. The molecule has 2 aromatic carbocycles. The zero-order valence-electron chi connectivity index (χ0n) is 16.4. The predicted molar refractivity (Wildman–Crippen MR) is 110 cm³/mol. The van der Waals surface area contributed by atoms with Crippen molar-refractivity contribution in [2.45, 2.75) is 19.9 Å². The van der Waals surface area contributed by atoms with E-state index < -0.39 is 0 Å². The summed E-state index contributed by atoms with van der Waals surface area (Å²) in [5, 5.41) is 3.06. The molecule has 0 bridgehead atoms. The Morgan fingerprint density at radius 3 is 2.32 bits per heavy atom. The molecule has 1 heterocycles. The molecule has 6 heteroatoms. The van der Waals surface area contributed by atoms with Gasteiger partial charge in [-0.3, -0.25) is 0 Å². The Labute approximate surface area is 166 Å². The first kappa shape index (κ1) is 19.7. The number of ether oxygens (including phenoxy) is 1. The molecule has 1 unspecified atom stereocenters. The van der Waals surface area contributed by atoms with Crippen LogP contribution < -0.4 is 10.2 Å². The Balaban J connectivity index is 1.59. The number of carbonyl (C=O) groups is 2. The monoisotopic (exact) mass is 381 g/mol. The largest absolute Gasteiger partial charge is 0.462 e. The van der Waals surface area contributed by atoms with Crippen LogP contribution in [0, 0.1) is 0 Å². The van der Waals surface area contributed by atoms with Crippen LogP contribution in [0.1, 0.15) is 35.8 Å². The quantitative estimate of drug-likeness (QED) is 0.806. The number of esters is 1. The number of amides is 2. The van der Waals surface area contributed by atoms with E-state index in [1.165, 1.54) is 0 Å². The Morgan fingerprint density at radius 1 is 1.00 bits per heavy atom. The normalized spacial score (nSPS) is 15.1. The Bertz CT molecular complexity index is 802. The lowest BCUT2D eigenvalue weighted by Gasteiger charge is -2.37. The van der Waals surface area contributed by atoms with Crippen molar-refractivity contribution in [2.24, 2.45) is 0 Å². The molecule has 0 aromatic heterocycles. The van der Waals surface area contributed by atoms with Gasteiger partial charge < -0.3 is 19.9 Å². The smallest absolute Gasteiger partial charge is 0.340 e. The molecule has 28 heavy (non-hydrogen) atoms. The number of carbonyl (C=O) groups excluding carboxylic acids is 2. The van der Waals surface area contributed by atoms with Crippen molar-refractivity contribution in [1.29, 1.82) is 0 Å². The second kappa shape index (κ2) is 9.26. The van der Waals surface area contributed by atoms with Gasteiger partial charge >= 0.3 is 12.0 Å². The van der Waals surface area contributed by atoms with E-state index in [1.807, 2.05) is 60.4 Å². The maximum Gasteiger partial charge on any atom is 0.340 e. The van der Waals surface area contributed by atoms with Crippen molar-refractivity contribution in [3.8, 4) is 0 Å². The highest BCUT2D eigenvalue weighted by Gasteiger charge is 2.25. The Kier molecular flexibility index (Phi) is 6.53. The van der Waals surface area contributed by atoms with Crippen LogP contribution in [0.15, 0.2) is 54.6 Å². The molecule has 3 rings (SSSR count). The van der Waals surface area contributed by atoms with Crippen LogP contribution in [0.3, 0.4) is 0 Å². The fourth-order valence-corrected chi connectivity index (χ4v) is 3.38. The topological polar surface area (TPSA) is 61.9 Å². The molecule has 1 N–H and O–H groups in total. The van der Waals surface area contributed by atoms with Crippen molar-refractivity contribution in [1.82, 2.24) is 10.2 Å². The second-order valence-corrected chi connectivity index (χ2v) is 6.79. The minimum Gasteiger partial charge on any atom is -0.462 e. The third-order valence-electron chi connectivity index (χ3n) is 4.95. The molecule has 2 amide bonds. The van der Waals surface area contributed by atoms with Crippen LogP contribution in [-0.4, -0.2) is 49.7 Å². The molecule has 1 fully saturated rings. The lowest BCUT2D eigenvalue weighted by Crippen LogP contribution is -2.52. The van der Waals surface area contributed by atoms with E-state index in [0.717, 1.165) is 11.3 Å². The summed E-state index contributed by atoms with van der Waals surface area (Å²) in [6.07, 6.45) is 0. The minimum atomic E-state index is -0.310. The minimum absolute atomic E-state index is 0.0451. The fraction of sp³-hybridized carbons (Fsp3) is 0.364. The van der Waals surface area contributed by atoms with Gasteiger partial charge in [-0.15, -0.1) is 0 Å². The van der Waals surface area contributed by atoms with E-state index in [-0.39, 0.29) is 18.0 Å². The number of benzene rings is 2. The zero-order chi connectivity index (χ0) is 19.9. The molecule has 0 saturated carbocycles. The molecule has 0 aliphatic carbocycles. The van der Waals surface area contributed by atoms with E-state index >= 15 is 0 Å². The SMILES string of the molecule is CCOC(=O)c1ccccc1N1CCN(C(=O)NC(C)c2ccccc2)CC1. The highest BCUT2D eigenvalue weighted by molar-refractivity contribution is 5.96. The second-order valence-electron chi connectivity index (χ2n) is 6.79. The number of nitrogens with one attached hydrogen (secondary N) is 1. The summed E-state index contributed by atoms with van der Waals surface area (Å²) in [5.74, 6) is -0.310. The van der Waals surface area contributed by atoms with Crippen LogP contribution in [0.25, 0.3) is 0 Å². The molecule has 0 spiro atoms. The number of urea groups is 1. The first-order chi connectivity index (χ1) is 13.6. The van der Waals surface area contributed by atoms with Gasteiger partial charge in [0.15, 0.2) is 0 Å². The van der Waals surface area contributed by atoms with Gasteiger partial charge in [0.25, 0.3) is 0 Å². The number of hydrogen-bond donors (Lipinski definition) is 1. The number of hydrogen-bond acceptors (Lipinski definition) is 4. The predicted octanol–water partition coefficient (Wildman–Crippen LogP) is 3.46. The first-order valence-corrected chi connectivity index (χ1v) is 9.71. The molecule has 1 aliphatic rings. The summed E-state index contributed by atoms with van der Waals surface area (Å²) in [5.41, 5.74) is 2.51. The van der Waals surface area contributed by atoms with Crippen molar-refractivity contribution in [3.05, 3.63) is 65.7 Å². The molecule has 1 aliphatic heterocycles. The molecule has 6 nitrogen and oxygen atoms in total. The highest BCUT2D eigenvalue weighted by Crippen LogP contribution is 2.23. The van der Waals surface area contributed by atoms with Crippen LogP contribution in [0.2, 0.25) is 0 Å². The van der Waals surface area contributed by atoms with Crippen LogP contribution >= 0.6 is 0 Å². The number of anilines is 1. The Morgan fingerprint density at radius 2 is 1.64 bits per heavy atom. The van der Waals surface area contributed by atoms with E-state index in [2.05, 4.69) is 10.2 Å². The number of rotatable bonds is 5. The van der Waals surface area contributed by atoms with Crippen molar-refractivity contribution >= 4 is 17.7 Å². The summed E-state index contributed by atoms with van der Waals surface area (Å²) in [7, 11) is 0. The average molecular weight is 381 g/mol. The molecule has 1 saturated heterocycles. The van der Waals surface area contributed by atoms with E-state index in [9.17, 15) is 9.59 Å². The molecule has 148 valence electrons. The summed E-state index contributed by atoms with van der Waals surface area (Å²) in [6, 6.07) is 17.3. The van der Waals surface area contributed by atoms with Gasteiger partial charge in [0, 0.05) is 26.2 Å². The van der Waals surface area contributed by atoms with E-state index in [0.29, 0.717) is 38.3 Å². The van der Waals surface area contributed by atoms with E-state index in [1.54, 1.807) is 13.0 Å². The van der Waals surface area contributed by atoms with Gasteiger partial charge in [0.2, 0.25) is 0 Å². The van der Waals surface area contributed by atoms with Gasteiger partial charge in [-0.25, -0.2) is 9.59 Å². The van der Waals surface area contributed by atoms with Gasteiger partial charge in [-0.1, -0.05) is 42.5 Å². The van der Waals surface area contributed by atoms with Crippen LogP contribution in [0.5, 0.6) is 0 Å². The van der Waals surface area contributed by atoms with Crippen molar-refractivity contribution < 1.29 is 14.3 Å². The number of nitrogens with zero attached hydrogens (tertiary/aromatic N) is 2. The van der Waals surface area contributed by atoms with Crippen molar-refractivity contribution in [2.75, 3.05) is 37.7 Å². The van der Waals surface area contributed by atoms with Gasteiger partial charge in [-0.05, 0) is 31.5 Å². The molecular formula is C22H27N3O3. The maximum atomic E-state index is 12.6. The van der Waals surface area contributed by atoms with Crippen LogP contribution in [-0.2, 0) is 4.74 Å². The Hall–Kier alpha value is -3.02. The molecule has 2 aromatic rings. The van der Waals surface area contributed by atoms with Gasteiger partial charge in [0.1, 0.15) is 0 Å². The van der Waals surface area contributed by atoms with Gasteiger partial charge in [-0.2, -0.15) is 0 Å². The lowest BCUT2D eigenvalue weighted by atomic mass is 10.1. The number of para-hydroxylation sites is 1. The number of piperazine rings is 1. The zero-order valence-corrected chi connectivity index (χ0v) is 16.4. The summed E-state index contributed by atoms with van der Waals surface area (Å²) in [6.45, 7) is 6.68.